The topological polar surface area (TPSA) is 134 Å². The third-order valence-electron chi connectivity index (χ3n) is 4.85. The number of rotatable bonds is 9. The number of ether oxygens (including phenoxy) is 2. The van der Waals surface area contributed by atoms with E-state index in [-0.39, 0.29) is 35.4 Å². The Bertz CT molecular complexity index is 1370. The number of fused-ring (bicyclic) bond motifs is 1. The first kappa shape index (κ1) is 22.3. The van der Waals surface area contributed by atoms with Gasteiger partial charge in [0.1, 0.15) is 5.75 Å². The van der Waals surface area contributed by atoms with Gasteiger partial charge < -0.3 is 18.3 Å². The number of carbonyl (C=O) groups excluding carboxylic acids is 1. The molecule has 0 bridgehead atoms. The van der Waals surface area contributed by atoms with E-state index >= 15 is 0 Å². The Kier molecular flexibility index (Phi) is 6.31. The van der Waals surface area contributed by atoms with Crippen LogP contribution in [0.5, 0.6) is 11.5 Å². The lowest BCUT2D eigenvalue weighted by atomic mass is 10.2. The zero-order valence-corrected chi connectivity index (χ0v) is 18.7. The van der Waals surface area contributed by atoms with E-state index in [1.807, 2.05) is 12.1 Å². The van der Waals surface area contributed by atoms with Crippen LogP contribution in [0.3, 0.4) is 0 Å². The van der Waals surface area contributed by atoms with Crippen molar-refractivity contribution in [3.8, 4) is 23.1 Å². The summed E-state index contributed by atoms with van der Waals surface area (Å²) in [6.07, 6.45) is 0.0967. The van der Waals surface area contributed by atoms with Crippen LogP contribution in [0.4, 0.5) is 6.01 Å². The second-order valence-electron chi connectivity index (χ2n) is 7.05. The molecule has 0 saturated heterocycles. The predicted octanol–water partition coefficient (Wildman–Crippen LogP) is 3.69. The maximum Gasteiger partial charge on any atom is 0.322 e. The fourth-order valence-corrected chi connectivity index (χ4v) is 4.49. The molecule has 1 N–H and O–H groups in total. The largest absolute Gasteiger partial charge is 0.497 e. The van der Waals surface area contributed by atoms with Gasteiger partial charge in [0.25, 0.3) is 5.89 Å². The lowest BCUT2D eigenvalue weighted by Gasteiger charge is -2.05. The number of methoxy groups -OCH3 is 2. The Morgan fingerprint density at radius 1 is 1.03 bits per heavy atom. The van der Waals surface area contributed by atoms with E-state index in [4.69, 9.17) is 18.3 Å². The molecule has 0 aliphatic carbocycles. The summed E-state index contributed by atoms with van der Waals surface area (Å²) in [6, 6.07) is 13.2. The number of amides is 1. The molecule has 0 atom stereocenters. The lowest BCUT2D eigenvalue weighted by Crippen LogP contribution is -2.14. The van der Waals surface area contributed by atoms with E-state index in [1.165, 1.54) is 19.2 Å². The van der Waals surface area contributed by atoms with Crippen molar-refractivity contribution < 1.29 is 31.5 Å². The quantitative estimate of drug-likeness (QED) is 0.388. The second-order valence-corrected chi connectivity index (χ2v) is 9.16. The van der Waals surface area contributed by atoms with Gasteiger partial charge in [-0.05, 0) is 42.8 Å². The highest BCUT2D eigenvalue weighted by molar-refractivity contribution is 7.91. The monoisotopic (exact) mass is 471 g/mol. The van der Waals surface area contributed by atoms with Crippen LogP contribution in [0.2, 0.25) is 0 Å². The van der Waals surface area contributed by atoms with E-state index in [0.717, 1.165) is 5.39 Å². The van der Waals surface area contributed by atoms with E-state index in [9.17, 15) is 13.2 Å². The summed E-state index contributed by atoms with van der Waals surface area (Å²) >= 11 is 0. The molecule has 11 heteroatoms. The number of para-hydroxylation sites is 1. The number of nitrogens with zero attached hydrogens (tertiary/aromatic N) is 2. The first-order chi connectivity index (χ1) is 15.9. The summed E-state index contributed by atoms with van der Waals surface area (Å²) < 4.78 is 46.3. The first-order valence-electron chi connectivity index (χ1n) is 9.96. The molecule has 0 unspecified atom stereocenters. The summed E-state index contributed by atoms with van der Waals surface area (Å²) in [5.41, 5.74) is 0.539. The number of aromatic nitrogens is 2. The molecular weight excluding hydrogens is 450 g/mol. The van der Waals surface area contributed by atoms with Crippen molar-refractivity contribution in [3.05, 3.63) is 48.5 Å². The molecule has 0 fully saturated rings. The highest BCUT2D eigenvalue weighted by Crippen LogP contribution is 2.33. The highest BCUT2D eigenvalue weighted by Gasteiger charge is 2.18. The summed E-state index contributed by atoms with van der Waals surface area (Å²) in [5.74, 6) is 0.924. The summed E-state index contributed by atoms with van der Waals surface area (Å²) in [7, 11) is -0.470. The minimum Gasteiger partial charge on any atom is -0.497 e. The van der Waals surface area contributed by atoms with Gasteiger partial charge in [-0.25, -0.2) is 8.42 Å². The SMILES string of the molecule is COc1ccc(S(=O)(=O)CCCC(=O)Nc2nnc(-c3cc4cccc(OC)c4o3)o2)cc1. The van der Waals surface area contributed by atoms with Crippen molar-refractivity contribution in [1.82, 2.24) is 10.2 Å². The first-order valence-corrected chi connectivity index (χ1v) is 11.6. The zero-order valence-electron chi connectivity index (χ0n) is 17.9. The van der Waals surface area contributed by atoms with Crippen LogP contribution in [0.15, 0.2) is 62.3 Å². The Hall–Kier alpha value is -3.86. The van der Waals surface area contributed by atoms with Crippen LogP contribution in [0.1, 0.15) is 12.8 Å². The summed E-state index contributed by atoms with van der Waals surface area (Å²) in [5, 5.41) is 11.0. The third-order valence-corrected chi connectivity index (χ3v) is 6.66. The molecule has 0 saturated carbocycles. The molecule has 4 rings (SSSR count). The second kappa shape index (κ2) is 9.33. The van der Waals surface area contributed by atoms with Crippen LogP contribution < -0.4 is 14.8 Å². The maximum atomic E-state index is 12.4. The van der Waals surface area contributed by atoms with Crippen molar-refractivity contribution in [2.45, 2.75) is 17.7 Å². The Balaban J connectivity index is 1.34. The molecule has 2 aromatic heterocycles. The van der Waals surface area contributed by atoms with Crippen LogP contribution in [0, 0.1) is 0 Å². The highest BCUT2D eigenvalue weighted by atomic mass is 32.2. The molecule has 0 aliphatic rings. The Morgan fingerprint density at radius 2 is 1.82 bits per heavy atom. The number of nitrogens with one attached hydrogen (secondary N) is 1. The van der Waals surface area contributed by atoms with Gasteiger partial charge in [0.15, 0.2) is 26.9 Å². The average molecular weight is 471 g/mol. The zero-order chi connectivity index (χ0) is 23.4. The number of sulfone groups is 1. The Morgan fingerprint density at radius 3 is 2.55 bits per heavy atom. The number of carbonyl (C=O) groups is 1. The molecule has 1 amide bonds. The minimum absolute atomic E-state index is 0.0328. The van der Waals surface area contributed by atoms with Crippen LogP contribution in [-0.4, -0.2) is 44.5 Å². The van der Waals surface area contributed by atoms with Crippen LogP contribution >= 0.6 is 0 Å². The number of furan rings is 1. The van der Waals surface area contributed by atoms with E-state index < -0.39 is 15.7 Å². The maximum absolute atomic E-state index is 12.4. The van der Waals surface area contributed by atoms with Gasteiger partial charge in [0.05, 0.1) is 24.9 Å². The van der Waals surface area contributed by atoms with Crippen LogP contribution in [0.25, 0.3) is 22.6 Å². The van der Waals surface area contributed by atoms with Gasteiger partial charge >= 0.3 is 6.01 Å². The molecule has 0 radical (unpaired) electrons. The molecule has 0 aliphatic heterocycles. The molecule has 4 aromatic rings. The molecule has 2 heterocycles. The van der Waals surface area contributed by atoms with Gasteiger partial charge in [0, 0.05) is 11.8 Å². The summed E-state index contributed by atoms with van der Waals surface area (Å²) in [4.78, 5) is 12.4. The number of anilines is 1. The van der Waals surface area contributed by atoms with E-state index in [1.54, 1.807) is 31.4 Å². The van der Waals surface area contributed by atoms with E-state index in [0.29, 0.717) is 22.8 Å². The van der Waals surface area contributed by atoms with Crippen molar-refractivity contribution in [1.29, 1.82) is 0 Å². The molecule has 0 spiro atoms. The van der Waals surface area contributed by atoms with Gasteiger partial charge in [-0.1, -0.05) is 17.2 Å². The predicted molar refractivity (Wildman–Crippen MR) is 119 cm³/mol. The van der Waals surface area contributed by atoms with Crippen LogP contribution in [-0.2, 0) is 14.6 Å². The fraction of sp³-hybridized carbons (Fsp3) is 0.227. The minimum atomic E-state index is -3.51. The summed E-state index contributed by atoms with van der Waals surface area (Å²) in [6.45, 7) is 0. The van der Waals surface area contributed by atoms with Gasteiger partial charge in [0.2, 0.25) is 5.91 Å². The molecule has 10 nitrogen and oxygen atoms in total. The number of hydrogen-bond acceptors (Lipinski definition) is 9. The molecular formula is C22H21N3O7S. The smallest absolute Gasteiger partial charge is 0.322 e. The molecule has 33 heavy (non-hydrogen) atoms. The molecule has 2 aromatic carbocycles. The third kappa shape index (κ3) is 4.98. The number of benzene rings is 2. The van der Waals surface area contributed by atoms with Gasteiger partial charge in [-0.3, -0.25) is 10.1 Å². The van der Waals surface area contributed by atoms with Gasteiger partial charge in [-0.2, -0.15) is 0 Å². The van der Waals surface area contributed by atoms with Crippen molar-refractivity contribution in [3.63, 3.8) is 0 Å². The van der Waals surface area contributed by atoms with Gasteiger partial charge in [-0.15, -0.1) is 5.10 Å². The normalized spacial score (nSPS) is 11.5. The Labute approximate surface area is 189 Å². The fourth-order valence-electron chi connectivity index (χ4n) is 3.18. The van der Waals surface area contributed by atoms with E-state index in [2.05, 4.69) is 15.5 Å². The lowest BCUT2D eigenvalue weighted by molar-refractivity contribution is -0.116. The van der Waals surface area contributed by atoms with Crippen molar-refractivity contribution >= 4 is 32.7 Å². The van der Waals surface area contributed by atoms with Crippen molar-refractivity contribution in [2.24, 2.45) is 0 Å². The number of hydrogen-bond donors (Lipinski definition) is 1. The average Bonchev–Trinajstić information content (AvgIpc) is 3.45. The standard InChI is InChI=1S/C22H21N3O7S/c1-29-15-8-10-16(11-9-15)33(27,28)12-4-7-19(26)23-22-25-24-21(32-22)18-13-14-5-3-6-17(30-2)20(14)31-18/h3,5-6,8-11,13H,4,7,12H2,1-2H3,(H,23,25,26). The molecule has 172 valence electrons. The van der Waals surface area contributed by atoms with Crippen molar-refractivity contribution in [2.75, 3.05) is 25.3 Å².